The Balaban J connectivity index is 0.00000180. The van der Waals surface area contributed by atoms with E-state index >= 15 is 0 Å². The molecule has 2 rings (SSSR count). The molecule has 108 valence electrons. The van der Waals surface area contributed by atoms with Crippen molar-refractivity contribution in [3.63, 3.8) is 0 Å². The van der Waals surface area contributed by atoms with Gasteiger partial charge in [0.1, 0.15) is 5.01 Å². The van der Waals surface area contributed by atoms with E-state index < -0.39 is 0 Å². The first kappa shape index (κ1) is 16.3. The SMILES string of the molecule is Cc1nnc(NC(=O)C(C)N2CCC(C)CC2)s1.Cl. The summed E-state index contributed by atoms with van der Waals surface area (Å²) < 4.78 is 0. The average Bonchev–Trinajstić information content (AvgIpc) is 2.75. The van der Waals surface area contributed by atoms with Gasteiger partial charge < -0.3 is 0 Å². The highest BCUT2D eigenvalue weighted by Gasteiger charge is 2.25. The predicted molar refractivity (Wildman–Crippen MR) is 80.0 cm³/mol. The number of anilines is 1. The fraction of sp³-hybridized carbons (Fsp3) is 0.750. The van der Waals surface area contributed by atoms with Gasteiger partial charge in [-0.05, 0) is 45.7 Å². The van der Waals surface area contributed by atoms with Crippen molar-refractivity contribution >= 4 is 34.8 Å². The van der Waals surface area contributed by atoms with Crippen molar-refractivity contribution < 1.29 is 4.79 Å². The summed E-state index contributed by atoms with van der Waals surface area (Å²) in [6.45, 7) is 8.11. The van der Waals surface area contributed by atoms with Crippen LogP contribution in [0.15, 0.2) is 0 Å². The summed E-state index contributed by atoms with van der Waals surface area (Å²) in [6.07, 6.45) is 2.35. The molecule has 1 amide bonds. The molecule has 0 radical (unpaired) electrons. The number of piperidine rings is 1. The molecular formula is C12H21ClN4OS. The van der Waals surface area contributed by atoms with Gasteiger partial charge in [-0.1, -0.05) is 18.3 Å². The van der Waals surface area contributed by atoms with Gasteiger partial charge in [0.25, 0.3) is 0 Å². The second-order valence-electron chi connectivity index (χ2n) is 5.01. The molecule has 1 N–H and O–H groups in total. The molecule has 0 aromatic carbocycles. The summed E-state index contributed by atoms with van der Waals surface area (Å²) in [6, 6.07) is -0.0956. The lowest BCUT2D eigenvalue weighted by atomic mass is 9.98. The summed E-state index contributed by atoms with van der Waals surface area (Å²) in [4.78, 5) is 14.3. The molecule has 1 aliphatic heterocycles. The first-order valence-corrected chi connectivity index (χ1v) is 7.23. The Bertz CT molecular complexity index is 418. The number of nitrogens with zero attached hydrogens (tertiary/aromatic N) is 3. The molecule has 1 aromatic rings. The van der Waals surface area contributed by atoms with Crippen LogP contribution in [0, 0.1) is 12.8 Å². The lowest BCUT2D eigenvalue weighted by Gasteiger charge is -2.33. The summed E-state index contributed by atoms with van der Waals surface area (Å²) in [5.41, 5.74) is 0. The van der Waals surface area contributed by atoms with Gasteiger partial charge >= 0.3 is 0 Å². The van der Waals surface area contributed by atoms with Crippen molar-refractivity contribution in [2.75, 3.05) is 18.4 Å². The molecule has 2 heterocycles. The lowest BCUT2D eigenvalue weighted by Crippen LogP contribution is -2.45. The third kappa shape index (κ3) is 4.40. The van der Waals surface area contributed by atoms with Gasteiger partial charge in [-0.3, -0.25) is 15.0 Å². The van der Waals surface area contributed by atoms with Crippen LogP contribution in [0.25, 0.3) is 0 Å². The first-order valence-electron chi connectivity index (χ1n) is 6.41. The number of aromatic nitrogens is 2. The van der Waals surface area contributed by atoms with Gasteiger partial charge in [-0.15, -0.1) is 22.6 Å². The third-order valence-corrected chi connectivity index (χ3v) is 4.26. The Kier molecular flexibility index (Phi) is 6.16. The number of likely N-dealkylation sites (tertiary alicyclic amines) is 1. The maximum atomic E-state index is 12.1. The van der Waals surface area contributed by atoms with Gasteiger partial charge in [-0.25, -0.2) is 0 Å². The fourth-order valence-electron chi connectivity index (χ4n) is 2.14. The van der Waals surface area contributed by atoms with Crippen LogP contribution in [0.1, 0.15) is 31.7 Å². The number of hydrogen-bond acceptors (Lipinski definition) is 5. The highest BCUT2D eigenvalue weighted by atomic mass is 35.5. The average molecular weight is 305 g/mol. The van der Waals surface area contributed by atoms with Crippen LogP contribution in [0.4, 0.5) is 5.13 Å². The number of hydrogen-bond donors (Lipinski definition) is 1. The van der Waals surface area contributed by atoms with Crippen LogP contribution in [0.5, 0.6) is 0 Å². The fourth-order valence-corrected chi connectivity index (χ4v) is 2.73. The van der Waals surface area contributed by atoms with Gasteiger partial charge in [0.2, 0.25) is 11.0 Å². The Morgan fingerprint density at radius 2 is 2.05 bits per heavy atom. The highest BCUT2D eigenvalue weighted by Crippen LogP contribution is 2.19. The van der Waals surface area contributed by atoms with Crippen LogP contribution in [-0.4, -0.2) is 40.1 Å². The topological polar surface area (TPSA) is 58.1 Å². The quantitative estimate of drug-likeness (QED) is 0.931. The normalized spacial score (nSPS) is 18.7. The molecule has 5 nitrogen and oxygen atoms in total. The number of nitrogens with one attached hydrogen (secondary N) is 1. The number of rotatable bonds is 3. The van der Waals surface area contributed by atoms with E-state index in [-0.39, 0.29) is 24.4 Å². The minimum absolute atomic E-state index is 0. The minimum Gasteiger partial charge on any atom is -0.299 e. The van der Waals surface area contributed by atoms with Crippen molar-refractivity contribution in [1.29, 1.82) is 0 Å². The molecule has 1 atom stereocenters. The second kappa shape index (κ2) is 7.17. The number of carbonyl (C=O) groups is 1. The lowest BCUT2D eigenvalue weighted by molar-refractivity contribution is -0.121. The zero-order chi connectivity index (χ0) is 13.1. The molecule has 1 unspecified atom stereocenters. The molecule has 0 aliphatic carbocycles. The standard InChI is InChI=1S/C12H20N4OS.ClH/c1-8-4-6-16(7-5-8)9(2)11(17)13-12-15-14-10(3)18-12;/h8-9H,4-7H2,1-3H3,(H,13,15,17);1H. The van der Waals surface area contributed by atoms with Crippen LogP contribution in [-0.2, 0) is 4.79 Å². The molecule has 1 aliphatic rings. The van der Waals surface area contributed by atoms with Crippen molar-refractivity contribution in [2.24, 2.45) is 5.92 Å². The van der Waals surface area contributed by atoms with Crippen molar-refractivity contribution in [3.8, 4) is 0 Å². The van der Waals surface area contributed by atoms with Crippen LogP contribution >= 0.6 is 23.7 Å². The molecule has 0 saturated carbocycles. The summed E-state index contributed by atoms with van der Waals surface area (Å²) >= 11 is 1.41. The van der Waals surface area contributed by atoms with Crippen LogP contribution < -0.4 is 5.32 Å². The van der Waals surface area contributed by atoms with Crippen molar-refractivity contribution in [3.05, 3.63) is 5.01 Å². The highest BCUT2D eigenvalue weighted by molar-refractivity contribution is 7.15. The Morgan fingerprint density at radius 3 is 2.58 bits per heavy atom. The van der Waals surface area contributed by atoms with E-state index in [0.29, 0.717) is 5.13 Å². The first-order chi connectivity index (χ1) is 8.56. The molecule has 1 saturated heterocycles. The van der Waals surface area contributed by atoms with Crippen LogP contribution in [0.2, 0.25) is 0 Å². The molecule has 7 heteroatoms. The zero-order valence-electron chi connectivity index (χ0n) is 11.5. The predicted octanol–water partition coefficient (Wildman–Crippen LogP) is 2.33. The number of carbonyl (C=O) groups excluding carboxylic acids is 1. The second-order valence-corrected chi connectivity index (χ2v) is 6.19. The maximum Gasteiger partial charge on any atom is 0.243 e. The molecule has 1 aromatic heterocycles. The van der Waals surface area contributed by atoms with E-state index in [4.69, 9.17) is 0 Å². The van der Waals surface area contributed by atoms with E-state index in [1.165, 1.54) is 24.2 Å². The van der Waals surface area contributed by atoms with Gasteiger partial charge in [0.05, 0.1) is 6.04 Å². The number of halogens is 1. The molecule has 0 bridgehead atoms. The van der Waals surface area contributed by atoms with Crippen molar-refractivity contribution in [1.82, 2.24) is 15.1 Å². The molecule has 19 heavy (non-hydrogen) atoms. The number of aryl methyl sites for hydroxylation is 1. The van der Waals surface area contributed by atoms with E-state index in [1.54, 1.807) is 0 Å². The van der Waals surface area contributed by atoms with Crippen LogP contribution in [0.3, 0.4) is 0 Å². The summed E-state index contributed by atoms with van der Waals surface area (Å²) in [5.74, 6) is 0.794. The van der Waals surface area contributed by atoms with Gasteiger partial charge in [-0.2, -0.15) is 0 Å². The Hall–Kier alpha value is -0.720. The Labute approximate surface area is 124 Å². The monoisotopic (exact) mass is 304 g/mol. The van der Waals surface area contributed by atoms with E-state index in [0.717, 1.165) is 24.0 Å². The molecule has 1 fully saturated rings. The molecule has 0 spiro atoms. The van der Waals surface area contributed by atoms with E-state index in [9.17, 15) is 4.79 Å². The third-order valence-electron chi connectivity index (χ3n) is 3.50. The largest absolute Gasteiger partial charge is 0.299 e. The van der Waals surface area contributed by atoms with E-state index in [2.05, 4.69) is 27.3 Å². The summed E-state index contributed by atoms with van der Waals surface area (Å²) in [5, 5.41) is 12.1. The number of amides is 1. The van der Waals surface area contributed by atoms with Crippen molar-refractivity contribution in [2.45, 2.75) is 39.7 Å². The zero-order valence-corrected chi connectivity index (χ0v) is 13.2. The minimum atomic E-state index is -0.0956. The molecular weight excluding hydrogens is 284 g/mol. The van der Waals surface area contributed by atoms with E-state index in [1.807, 2.05) is 13.8 Å². The Morgan fingerprint density at radius 1 is 1.42 bits per heavy atom. The summed E-state index contributed by atoms with van der Waals surface area (Å²) in [7, 11) is 0. The van der Waals surface area contributed by atoms with Gasteiger partial charge in [0.15, 0.2) is 0 Å². The maximum absolute atomic E-state index is 12.1. The van der Waals surface area contributed by atoms with Gasteiger partial charge in [0, 0.05) is 0 Å². The smallest absolute Gasteiger partial charge is 0.243 e.